The first-order chi connectivity index (χ1) is 70.9. The first-order valence-corrected chi connectivity index (χ1v) is 50.1. The summed E-state index contributed by atoms with van der Waals surface area (Å²) in [7, 11) is 2.08. The molecule has 0 bridgehead atoms. The van der Waals surface area contributed by atoms with Crippen LogP contribution in [-0.4, -0.2) is 313 Å². The largest absolute Gasteiger partial charge is 0.465 e. The second-order valence-electron chi connectivity index (χ2n) is 39.2. The number of hydrogen-bond donors (Lipinski definition) is 2. The summed E-state index contributed by atoms with van der Waals surface area (Å²) in [5, 5.41) is 5.57. The molecule has 2 amide bonds. The van der Waals surface area contributed by atoms with Crippen molar-refractivity contribution in [3.63, 3.8) is 0 Å². The average Bonchev–Trinajstić information content (AvgIpc) is 1.54. The van der Waals surface area contributed by atoms with Crippen LogP contribution in [0.4, 0.5) is 58.4 Å². The van der Waals surface area contributed by atoms with E-state index in [1.165, 1.54) is 13.1 Å². The van der Waals surface area contributed by atoms with Gasteiger partial charge in [-0.3, -0.25) is 9.55 Å². The molecule has 25 rings (SSSR count). The van der Waals surface area contributed by atoms with Crippen LogP contribution in [0.3, 0.4) is 0 Å². The maximum atomic E-state index is 13.9. The molecule has 2 atom stereocenters. The Morgan fingerprint density at radius 3 is 1.24 bits per heavy atom. The SMILES string of the molecule is CCNC(=O)Nc1ccc(-c2nc(N3CCOCC3)c3c(n2)C2(C)CCOC2N3C)cc1.Cc1cc(C(F)(F)F)c(-c2nc(N3CCOCC3)c3nc4n(c3n2)CCOC4(C)C)cn1.Cc1ncc(-c2nc(N3CCOCC3)c3nc4n(c3n2)CCCO4)cn1.Cc1ncc(-c2nc(N3CCOCC3)c3nc4n(c3n2)CCOC4(C)C)c(C)n1.Cc1ncc(-c2nc(N3CCOCC3)c3nc4n(c3n2)CCOC4(C)C)cn1. The molecule has 14 aromatic rings. The van der Waals surface area contributed by atoms with Gasteiger partial charge in [-0.1, -0.05) is 0 Å². The number of benzene rings is 1. The van der Waals surface area contributed by atoms with E-state index >= 15 is 0 Å². The number of imidazole rings is 4. The topological polar surface area (TPSA) is 443 Å². The molecule has 11 aliphatic heterocycles. The van der Waals surface area contributed by atoms with Crippen molar-refractivity contribution in [2.45, 2.75) is 164 Å². The number of anilines is 7. The van der Waals surface area contributed by atoms with Gasteiger partial charge in [0.15, 0.2) is 103 Å². The fourth-order valence-electron chi connectivity index (χ4n) is 20.2. The zero-order valence-electron chi connectivity index (χ0n) is 85.0. The van der Waals surface area contributed by atoms with Gasteiger partial charge in [-0.2, -0.15) is 18.2 Å². The van der Waals surface area contributed by atoms with Gasteiger partial charge < -0.3 is 101 Å². The van der Waals surface area contributed by atoms with Crippen LogP contribution in [0.5, 0.6) is 6.01 Å². The minimum atomic E-state index is -4.56. The quantitative estimate of drug-likeness (QED) is 0.115. The summed E-state index contributed by atoms with van der Waals surface area (Å²) in [6, 6.07) is 9.10. The van der Waals surface area contributed by atoms with Gasteiger partial charge >= 0.3 is 12.2 Å². The van der Waals surface area contributed by atoms with E-state index in [9.17, 15) is 18.0 Å². The molecule has 47 heteroatoms. The predicted molar refractivity (Wildman–Crippen MR) is 539 cm³/mol. The number of carbonyl (C=O) groups is 1. The van der Waals surface area contributed by atoms with Gasteiger partial charge in [0.05, 0.1) is 138 Å². The lowest BCUT2D eigenvalue weighted by Crippen LogP contribution is -2.39. The van der Waals surface area contributed by atoms with Gasteiger partial charge in [0.25, 0.3) is 6.01 Å². The van der Waals surface area contributed by atoms with Crippen LogP contribution in [0.25, 0.3) is 102 Å². The number of urea groups is 1. The summed E-state index contributed by atoms with van der Waals surface area (Å²) in [4.78, 5) is 123. The summed E-state index contributed by atoms with van der Waals surface area (Å²) in [5.41, 5.74) is 10.6. The van der Waals surface area contributed by atoms with Crippen LogP contribution in [0.15, 0.2) is 67.5 Å². The Labute approximate surface area is 845 Å². The first-order valence-electron chi connectivity index (χ1n) is 50.1. The Morgan fingerprint density at radius 1 is 0.408 bits per heavy atom. The van der Waals surface area contributed by atoms with E-state index in [1.54, 1.807) is 24.8 Å². The monoisotopic (exact) mass is 2020 g/mol. The standard InChI is InChI=1S/C23H30N6O3.C21H23F3N6O2.C20H25N7O2.C19H23N7O2.C17H19N7O2/c1-4-24-22(30)25-16-7-5-15(6-8-16)19-26-18-17(20(27-19)29-10-13-31-14-11-29)28(3)21-23(18,2)9-12-32-21;1-12-10-14(21(22,23)24)13(11-25-12)16-27-17(29-4-7-31-8-5-29)15-18(28-16)30-6-9-32-20(2,3)19(30)26-15;1-12-14(11-21-13(2)22-12)16-24-17(26-5-8-28-9-6-26)15-18(25-16)27-7-10-29-20(3,4)19(27)23-15;1-12-20-10-13(11-21-12)15-23-16(25-4-7-27-8-5-25)14-17(24-15)26-6-9-28-19(2,3)18(26)22-14;1-11-18-9-12(10-19-11)14-21-15(23-4-7-25-8-5-23)13-16(22-14)24-3-2-6-26-17(24)20-13/h5-8,21H,4,9-14H2,1-3H3,(H2,24,25,30);10-11H,4-9H2,1-3H3;11H,5-10H2,1-4H3;10-11H,4-9H2,1-3H3;9-10H,2-8H2,1H3. The van der Waals surface area contributed by atoms with E-state index in [4.69, 9.17) is 102 Å². The van der Waals surface area contributed by atoms with E-state index in [-0.39, 0.29) is 34.8 Å². The number of likely N-dealkylation sites (N-methyl/N-ethyl adjacent to an activating group) is 1. The molecule has 6 saturated heterocycles. The molecular weight excluding hydrogens is 1900 g/mol. The number of pyridine rings is 1. The Kier molecular flexibility index (Phi) is 27.5. The lowest BCUT2D eigenvalue weighted by Gasteiger charge is -2.31. The zero-order chi connectivity index (χ0) is 102. The summed E-state index contributed by atoms with van der Waals surface area (Å²) in [6.45, 7) is 45.6. The molecule has 0 aliphatic carbocycles. The third-order valence-corrected chi connectivity index (χ3v) is 27.8. The number of carbonyl (C=O) groups excluding carboxylic acids is 1. The maximum Gasteiger partial charge on any atom is 0.417 e. The summed E-state index contributed by atoms with van der Waals surface area (Å²) < 4.78 is 107. The van der Waals surface area contributed by atoms with Crippen LogP contribution in [0, 0.1) is 34.6 Å². The number of amides is 2. The average molecular weight is 2020 g/mol. The Hall–Kier alpha value is -13.8. The molecule has 11 aliphatic rings. The van der Waals surface area contributed by atoms with Crippen molar-refractivity contribution < 1.29 is 65.3 Å². The molecular formula is C100H120F3N33O11. The van der Waals surface area contributed by atoms with E-state index in [2.05, 4.69) is 108 Å². The van der Waals surface area contributed by atoms with Gasteiger partial charge in [-0.05, 0) is 133 Å². The molecule has 772 valence electrons. The van der Waals surface area contributed by atoms with Gasteiger partial charge in [-0.25, -0.2) is 99.5 Å². The molecule has 0 spiro atoms. The molecule has 13 aromatic heterocycles. The zero-order valence-corrected chi connectivity index (χ0v) is 85.0. The minimum Gasteiger partial charge on any atom is -0.465 e. The van der Waals surface area contributed by atoms with E-state index in [0.717, 1.165) is 228 Å². The number of rotatable bonds is 12. The van der Waals surface area contributed by atoms with Crippen molar-refractivity contribution in [1.82, 2.24) is 128 Å². The van der Waals surface area contributed by atoms with E-state index in [0.29, 0.717) is 171 Å². The normalized spacial score (nSPS) is 19.7. The number of aromatic nitrogens is 25. The molecule has 147 heavy (non-hydrogen) atoms. The van der Waals surface area contributed by atoms with Crippen LogP contribution >= 0.6 is 0 Å². The van der Waals surface area contributed by atoms with Crippen molar-refractivity contribution in [3.05, 3.63) is 125 Å². The van der Waals surface area contributed by atoms with Crippen LogP contribution < -0.4 is 44.8 Å². The number of morpholine rings is 5. The molecule has 2 N–H and O–H groups in total. The van der Waals surface area contributed by atoms with Crippen molar-refractivity contribution in [1.29, 1.82) is 0 Å². The van der Waals surface area contributed by atoms with Crippen molar-refractivity contribution in [2.75, 3.05) is 213 Å². The molecule has 1 aromatic carbocycles. The lowest BCUT2D eigenvalue weighted by atomic mass is 9.85. The highest BCUT2D eigenvalue weighted by Gasteiger charge is 2.55. The van der Waals surface area contributed by atoms with E-state index < -0.39 is 28.5 Å². The Morgan fingerprint density at radius 2 is 0.803 bits per heavy atom. The Bertz CT molecular complexity index is 7220. The van der Waals surface area contributed by atoms with Crippen LogP contribution in [-0.2, 0) is 97.2 Å². The summed E-state index contributed by atoms with van der Waals surface area (Å²) >= 11 is 0. The molecule has 24 heterocycles. The summed E-state index contributed by atoms with van der Waals surface area (Å²) in [6.07, 6.45) is 7.36. The second kappa shape index (κ2) is 40.8. The van der Waals surface area contributed by atoms with Gasteiger partial charge in [0.1, 0.15) is 63.7 Å². The van der Waals surface area contributed by atoms with Gasteiger partial charge in [-0.15, -0.1) is 0 Å². The number of nitrogens with one attached hydrogen (secondary N) is 2. The maximum absolute atomic E-state index is 13.9. The molecule has 44 nitrogen and oxygen atoms in total. The molecule has 0 radical (unpaired) electrons. The third-order valence-electron chi connectivity index (χ3n) is 27.8. The number of halogens is 3. The number of ether oxygens (including phenoxy) is 10. The highest BCUT2D eigenvalue weighted by molar-refractivity contribution is 5.92. The second-order valence-corrected chi connectivity index (χ2v) is 39.2. The van der Waals surface area contributed by atoms with Gasteiger partial charge in [0, 0.05) is 165 Å². The van der Waals surface area contributed by atoms with Crippen molar-refractivity contribution >= 4 is 91.2 Å². The minimum absolute atomic E-state index is 0.0224. The highest BCUT2D eigenvalue weighted by atomic mass is 19.4. The summed E-state index contributed by atoms with van der Waals surface area (Å²) in [5.74, 6) is 11.1. The number of aryl methyl sites for hydroxylation is 6. The predicted octanol–water partition coefficient (Wildman–Crippen LogP) is 10.8. The van der Waals surface area contributed by atoms with Crippen LogP contribution in [0.2, 0.25) is 0 Å². The number of hydrogen-bond acceptors (Lipinski definition) is 38. The van der Waals surface area contributed by atoms with Crippen LogP contribution in [0.1, 0.15) is 126 Å². The molecule has 0 saturated carbocycles. The number of fused-ring (bicyclic) bond motifs is 15. The lowest BCUT2D eigenvalue weighted by molar-refractivity contribution is -0.137. The first kappa shape index (κ1) is 99.2. The van der Waals surface area contributed by atoms with Crippen molar-refractivity contribution in [2.24, 2.45) is 0 Å². The van der Waals surface area contributed by atoms with E-state index in [1.807, 2.05) is 121 Å². The van der Waals surface area contributed by atoms with Crippen molar-refractivity contribution in [3.8, 4) is 62.9 Å². The number of alkyl halides is 3. The van der Waals surface area contributed by atoms with Gasteiger partial charge in [0.2, 0.25) is 0 Å². The smallest absolute Gasteiger partial charge is 0.417 e. The third kappa shape index (κ3) is 19.8. The fourth-order valence-corrected chi connectivity index (χ4v) is 20.2. The molecule has 6 fully saturated rings. The molecule has 2 unspecified atom stereocenters. The fraction of sp³-hybridized carbons (Fsp3) is 0.520. The Balaban J connectivity index is 0.000000108. The highest BCUT2D eigenvalue weighted by Crippen LogP contribution is 2.54. The number of nitrogens with zero attached hydrogens (tertiary/aromatic N) is 31.